The molecule has 0 spiro atoms. The average molecular weight is 519 g/mol. The molecule has 1 atom stereocenters. The molecule has 3 aromatic rings. The monoisotopic (exact) mass is 519 g/mol. The Balaban J connectivity index is 0.00000320. The lowest BCUT2D eigenvalue weighted by Crippen LogP contribution is -2.39. The number of ether oxygens (including phenoxy) is 1. The maximum absolute atomic E-state index is 5.82. The highest BCUT2D eigenvalue weighted by Crippen LogP contribution is 2.13. The second-order valence-corrected chi connectivity index (χ2v) is 7.01. The maximum Gasteiger partial charge on any atom is 0.191 e. The zero-order valence-corrected chi connectivity index (χ0v) is 19.8. The number of para-hydroxylation sites is 1. The minimum Gasteiger partial charge on any atom is -0.376 e. The lowest BCUT2D eigenvalue weighted by Gasteiger charge is -2.17. The number of guanidine groups is 1. The first-order chi connectivity index (χ1) is 14.3. The van der Waals surface area contributed by atoms with Crippen molar-refractivity contribution >= 4 is 29.9 Å². The zero-order valence-electron chi connectivity index (χ0n) is 17.5. The second-order valence-electron chi connectivity index (χ2n) is 7.01. The van der Waals surface area contributed by atoms with Gasteiger partial charge < -0.3 is 19.9 Å². The molecule has 0 aliphatic rings. The molecule has 0 bridgehead atoms. The largest absolute Gasteiger partial charge is 0.376 e. The van der Waals surface area contributed by atoms with E-state index in [1.807, 2.05) is 47.4 Å². The van der Waals surface area contributed by atoms with Gasteiger partial charge in [-0.25, -0.2) is 4.98 Å². The van der Waals surface area contributed by atoms with Gasteiger partial charge in [-0.3, -0.25) is 4.99 Å². The molecule has 0 saturated carbocycles. The highest BCUT2D eigenvalue weighted by atomic mass is 127. The Labute approximate surface area is 195 Å². The predicted molar refractivity (Wildman–Crippen MR) is 132 cm³/mol. The first kappa shape index (κ1) is 23.9. The fourth-order valence-corrected chi connectivity index (χ4v) is 3.00. The molecule has 160 valence electrons. The van der Waals surface area contributed by atoms with Crippen LogP contribution >= 0.6 is 24.0 Å². The molecule has 0 radical (unpaired) electrons. The number of aromatic nitrogens is 2. The van der Waals surface area contributed by atoms with Gasteiger partial charge in [0.2, 0.25) is 0 Å². The van der Waals surface area contributed by atoms with Gasteiger partial charge in [0.25, 0.3) is 0 Å². The van der Waals surface area contributed by atoms with Crippen molar-refractivity contribution in [1.82, 2.24) is 20.2 Å². The van der Waals surface area contributed by atoms with Gasteiger partial charge in [-0.15, -0.1) is 24.0 Å². The van der Waals surface area contributed by atoms with E-state index in [0.717, 1.165) is 18.2 Å². The van der Waals surface area contributed by atoms with Crippen molar-refractivity contribution in [1.29, 1.82) is 0 Å². The van der Waals surface area contributed by atoms with E-state index < -0.39 is 0 Å². The van der Waals surface area contributed by atoms with E-state index in [4.69, 9.17) is 4.74 Å². The van der Waals surface area contributed by atoms with E-state index in [2.05, 4.69) is 51.8 Å². The van der Waals surface area contributed by atoms with Crippen LogP contribution < -0.4 is 10.6 Å². The normalized spacial score (nSPS) is 12.1. The summed E-state index contributed by atoms with van der Waals surface area (Å²) >= 11 is 0. The van der Waals surface area contributed by atoms with E-state index >= 15 is 0 Å². The molecule has 1 aromatic heterocycles. The lowest BCUT2D eigenvalue weighted by atomic mass is 10.1. The fraction of sp³-hybridized carbons (Fsp3) is 0.304. The van der Waals surface area contributed by atoms with Gasteiger partial charge in [0.15, 0.2) is 5.96 Å². The molecule has 1 unspecified atom stereocenters. The van der Waals surface area contributed by atoms with Crippen LogP contribution in [0.5, 0.6) is 0 Å². The van der Waals surface area contributed by atoms with Gasteiger partial charge in [0.05, 0.1) is 25.2 Å². The standard InChI is InChI=1S/C23H29N5O.HI/c1-19(16-29-17-20-8-4-3-5-9-20)14-26-23(24-2)27-15-21-10-6-7-11-22(21)28-13-12-25-18-28;/h3-13,18-19H,14-17H2,1-2H3,(H2,24,26,27);1H. The summed E-state index contributed by atoms with van der Waals surface area (Å²) in [5.74, 6) is 1.15. The van der Waals surface area contributed by atoms with Gasteiger partial charge in [0, 0.05) is 32.5 Å². The van der Waals surface area contributed by atoms with Gasteiger partial charge in [-0.05, 0) is 23.1 Å². The molecule has 0 aliphatic heterocycles. The zero-order chi connectivity index (χ0) is 20.3. The van der Waals surface area contributed by atoms with Gasteiger partial charge in [-0.2, -0.15) is 0 Å². The summed E-state index contributed by atoms with van der Waals surface area (Å²) in [6.07, 6.45) is 5.54. The van der Waals surface area contributed by atoms with E-state index in [1.165, 1.54) is 11.1 Å². The van der Waals surface area contributed by atoms with Crippen LogP contribution in [-0.2, 0) is 17.9 Å². The van der Waals surface area contributed by atoms with E-state index in [-0.39, 0.29) is 24.0 Å². The highest BCUT2D eigenvalue weighted by molar-refractivity contribution is 14.0. The SMILES string of the molecule is CN=C(NCc1ccccc1-n1ccnc1)NCC(C)COCc1ccccc1.I. The van der Waals surface area contributed by atoms with Crippen molar-refractivity contribution < 1.29 is 4.74 Å². The minimum atomic E-state index is 0. The van der Waals surface area contributed by atoms with Crippen molar-refractivity contribution in [2.24, 2.45) is 10.9 Å². The van der Waals surface area contributed by atoms with Crippen LogP contribution in [-0.4, -0.2) is 35.7 Å². The molecule has 0 amide bonds. The Bertz CT molecular complexity index is 884. The number of hydrogen-bond donors (Lipinski definition) is 2. The highest BCUT2D eigenvalue weighted by Gasteiger charge is 2.07. The summed E-state index contributed by atoms with van der Waals surface area (Å²) in [6.45, 7) is 4.97. The molecule has 3 rings (SSSR count). The third-order valence-electron chi connectivity index (χ3n) is 4.58. The van der Waals surface area contributed by atoms with Crippen LogP contribution in [0.3, 0.4) is 0 Å². The molecular formula is C23H30IN5O. The Kier molecular flexibility index (Phi) is 10.4. The topological polar surface area (TPSA) is 63.5 Å². The van der Waals surface area contributed by atoms with Crippen LogP contribution in [0.1, 0.15) is 18.1 Å². The van der Waals surface area contributed by atoms with Crippen molar-refractivity contribution in [3.05, 3.63) is 84.4 Å². The number of nitrogens with one attached hydrogen (secondary N) is 2. The van der Waals surface area contributed by atoms with Crippen LogP contribution in [0.4, 0.5) is 0 Å². The number of rotatable bonds is 9. The lowest BCUT2D eigenvalue weighted by molar-refractivity contribution is 0.0931. The number of nitrogens with zero attached hydrogens (tertiary/aromatic N) is 3. The van der Waals surface area contributed by atoms with E-state index in [9.17, 15) is 0 Å². The smallest absolute Gasteiger partial charge is 0.191 e. The number of benzene rings is 2. The second kappa shape index (κ2) is 13.0. The summed E-state index contributed by atoms with van der Waals surface area (Å²) in [7, 11) is 1.79. The van der Waals surface area contributed by atoms with Crippen LogP contribution in [0, 0.1) is 5.92 Å². The van der Waals surface area contributed by atoms with Gasteiger partial charge in [0.1, 0.15) is 0 Å². The van der Waals surface area contributed by atoms with Gasteiger partial charge >= 0.3 is 0 Å². The molecule has 1 heterocycles. The molecule has 0 fully saturated rings. The van der Waals surface area contributed by atoms with E-state index in [1.54, 1.807) is 13.2 Å². The Hall–Kier alpha value is -2.39. The van der Waals surface area contributed by atoms with Gasteiger partial charge in [-0.1, -0.05) is 55.5 Å². The predicted octanol–water partition coefficient (Wildman–Crippen LogP) is 4.01. The third-order valence-corrected chi connectivity index (χ3v) is 4.58. The summed E-state index contributed by atoms with van der Waals surface area (Å²) in [6, 6.07) is 18.5. The van der Waals surface area contributed by atoms with Crippen LogP contribution in [0.2, 0.25) is 0 Å². The van der Waals surface area contributed by atoms with Crippen molar-refractivity contribution in [2.75, 3.05) is 20.2 Å². The Morgan fingerprint density at radius 2 is 1.87 bits per heavy atom. The molecule has 6 nitrogen and oxygen atoms in total. The summed E-state index contributed by atoms with van der Waals surface area (Å²) < 4.78 is 7.84. The third kappa shape index (κ3) is 7.46. The van der Waals surface area contributed by atoms with Crippen molar-refractivity contribution in [3.63, 3.8) is 0 Å². The summed E-state index contributed by atoms with van der Waals surface area (Å²) in [4.78, 5) is 8.47. The summed E-state index contributed by atoms with van der Waals surface area (Å²) in [5, 5.41) is 6.77. The molecule has 0 aliphatic carbocycles. The number of aliphatic imine (C=N–C) groups is 1. The number of halogens is 1. The Morgan fingerprint density at radius 3 is 2.60 bits per heavy atom. The molecule has 2 aromatic carbocycles. The van der Waals surface area contributed by atoms with Crippen LogP contribution in [0.15, 0.2) is 78.3 Å². The van der Waals surface area contributed by atoms with Crippen LogP contribution in [0.25, 0.3) is 5.69 Å². The maximum atomic E-state index is 5.82. The summed E-state index contributed by atoms with van der Waals surface area (Å²) in [5.41, 5.74) is 3.48. The molecular weight excluding hydrogens is 489 g/mol. The quantitative estimate of drug-likeness (QED) is 0.255. The number of imidazole rings is 1. The first-order valence-corrected chi connectivity index (χ1v) is 9.88. The van der Waals surface area contributed by atoms with E-state index in [0.29, 0.717) is 25.7 Å². The molecule has 7 heteroatoms. The molecule has 30 heavy (non-hydrogen) atoms. The first-order valence-electron chi connectivity index (χ1n) is 9.88. The fourth-order valence-electron chi connectivity index (χ4n) is 3.00. The van der Waals surface area contributed by atoms with Crippen molar-refractivity contribution in [2.45, 2.75) is 20.1 Å². The molecule has 2 N–H and O–H groups in total. The minimum absolute atomic E-state index is 0. The number of hydrogen-bond acceptors (Lipinski definition) is 3. The van der Waals surface area contributed by atoms with Crippen molar-refractivity contribution in [3.8, 4) is 5.69 Å². The molecule has 0 saturated heterocycles. The average Bonchev–Trinajstić information content (AvgIpc) is 3.30. The Morgan fingerprint density at radius 1 is 1.10 bits per heavy atom.